The first-order valence-corrected chi connectivity index (χ1v) is 6.35. The van der Waals surface area contributed by atoms with Gasteiger partial charge in [-0.05, 0) is 37.5 Å². The van der Waals surface area contributed by atoms with Crippen LogP contribution in [0.3, 0.4) is 0 Å². The van der Waals surface area contributed by atoms with E-state index in [9.17, 15) is 4.79 Å². The van der Waals surface area contributed by atoms with E-state index in [0.717, 1.165) is 28.6 Å². The Morgan fingerprint density at radius 1 is 1.42 bits per heavy atom. The summed E-state index contributed by atoms with van der Waals surface area (Å²) in [4.78, 5) is 16.9. The first-order valence-electron chi connectivity index (χ1n) is 6.35. The van der Waals surface area contributed by atoms with Gasteiger partial charge in [0.15, 0.2) is 5.58 Å². The van der Waals surface area contributed by atoms with E-state index >= 15 is 0 Å². The van der Waals surface area contributed by atoms with Crippen LogP contribution in [0, 0.1) is 13.8 Å². The molecule has 0 spiro atoms. The van der Waals surface area contributed by atoms with E-state index in [2.05, 4.69) is 4.98 Å². The zero-order valence-corrected chi connectivity index (χ0v) is 11.4. The van der Waals surface area contributed by atoms with Crippen molar-refractivity contribution in [3.63, 3.8) is 0 Å². The van der Waals surface area contributed by atoms with Gasteiger partial charge in [0.05, 0.1) is 0 Å². The Bertz CT molecular complexity index is 604. The first-order chi connectivity index (χ1) is 9.01. The second kappa shape index (κ2) is 5.30. The smallest absolute Gasteiger partial charge is 0.323 e. The fourth-order valence-electron chi connectivity index (χ4n) is 2.18. The Balaban J connectivity index is 2.42. The molecule has 5 heteroatoms. The highest BCUT2D eigenvalue weighted by Gasteiger charge is 2.17. The third-order valence-electron chi connectivity index (χ3n) is 2.90. The molecule has 0 unspecified atom stereocenters. The van der Waals surface area contributed by atoms with E-state index in [4.69, 9.17) is 9.52 Å². The third kappa shape index (κ3) is 2.86. The molecule has 2 aromatic rings. The fraction of sp³-hybridized carbons (Fsp3) is 0.429. The lowest BCUT2D eigenvalue weighted by Crippen LogP contribution is -2.30. The molecule has 0 bridgehead atoms. The molecule has 19 heavy (non-hydrogen) atoms. The van der Waals surface area contributed by atoms with Gasteiger partial charge in [0, 0.05) is 6.54 Å². The molecule has 0 amide bonds. The Morgan fingerprint density at radius 2 is 2.16 bits per heavy atom. The quantitative estimate of drug-likeness (QED) is 0.897. The van der Waals surface area contributed by atoms with Crippen LogP contribution in [0.25, 0.3) is 11.1 Å². The maximum absolute atomic E-state index is 10.9. The molecule has 1 heterocycles. The second-order valence-electron chi connectivity index (χ2n) is 4.74. The summed E-state index contributed by atoms with van der Waals surface area (Å²) in [6.07, 6.45) is 0.837. The number of hydrogen-bond acceptors (Lipinski definition) is 4. The first kappa shape index (κ1) is 13.4. The van der Waals surface area contributed by atoms with Crippen molar-refractivity contribution in [3.05, 3.63) is 23.3 Å². The fourth-order valence-corrected chi connectivity index (χ4v) is 2.18. The molecule has 0 radical (unpaired) electrons. The number of hydrogen-bond donors (Lipinski definition) is 1. The monoisotopic (exact) mass is 262 g/mol. The molecule has 2 rings (SSSR count). The van der Waals surface area contributed by atoms with Crippen LogP contribution < -0.4 is 4.90 Å². The zero-order valence-electron chi connectivity index (χ0n) is 11.4. The topological polar surface area (TPSA) is 66.6 Å². The molecule has 0 fully saturated rings. The average Bonchev–Trinajstić information content (AvgIpc) is 2.71. The van der Waals surface area contributed by atoms with Crippen LogP contribution in [0.1, 0.15) is 24.5 Å². The second-order valence-corrected chi connectivity index (χ2v) is 4.74. The molecule has 0 saturated carbocycles. The molecular formula is C14H18N2O3. The van der Waals surface area contributed by atoms with Gasteiger partial charge in [-0.3, -0.25) is 4.79 Å². The minimum Gasteiger partial charge on any atom is -0.480 e. The summed E-state index contributed by atoms with van der Waals surface area (Å²) >= 11 is 0. The highest BCUT2D eigenvalue weighted by atomic mass is 16.4. The molecule has 102 valence electrons. The number of anilines is 1. The van der Waals surface area contributed by atoms with E-state index in [1.807, 2.05) is 32.9 Å². The number of carbonyl (C=O) groups is 1. The van der Waals surface area contributed by atoms with Crippen molar-refractivity contribution in [2.45, 2.75) is 27.2 Å². The SMILES string of the molecule is CCCN(CC(=O)O)c1nc2cc(C)cc(C)c2o1. The Hall–Kier alpha value is -2.04. The summed E-state index contributed by atoms with van der Waals surface area (Å²) in [5, 5.41) is 8.93. The van der Waals surface area contributed by atoms with Crippen LogP contribution >= 0.6 is 0 Å². The summed E-state index contributed by atoms with van der Waals surface area (Å²) in [7, 11) is 0. The van der Waals surface area contributed by atoms with E-state index in [1.54, 1.807) is 4.90 Å². The standard InChI is InChI=1S/C14H18N2O3/c1-4-5-16(8-12(17)18)14-15-11-7-9(2)6-10(3)13(11)19-14/h6-7H,4-5,8H2,1-3H3,(H,17,18). The number of rotatable bonds is 5. The number of carboxylic acid groups (broad SMARTS) is 1. The number of carboxylic acids is 1. The number of aryl methyl sites for hydroxylation is 2. The molecule has 1 aromatic carbocycles. The Kier molecular flexibility index (Phi) is 3.74. The summed E-state index contributed by atoms with van der Waals surface area (Å²) < 4.78 is 5.72. The van der Waals surface area contributed by atoms with Crippen molar-refractivity contribution in [1.82, 2.24) is 4.98 Å². The minimum atomic E-state index is -0.886. The number of fused-ring (bicyclic) bond motifs is 1. The highest BCUT2D eigenvalue weighted by molar-refractivity contribution is 5.80. The van der Waals surface area contributed by atoms with Crippen LogP contribution in [0.4, 0.5) is 6.01 Å². The van der Waals surface area contributed by atoms with Gasteiger partial charge in [0.1, 0.15) is 12.1 Å². The largest absolute Gasteiger partial charge is 0.480 e. The lowest BCUT2D eigenvalue weighted by molar-refractivity contribution is -0.135. The number of benzene rings is 1. The van der Waals surface area contributed by atoms with E-state index in [0.29, 0.717) is 12.6 Å². The summed E-state index contributed by atoms with van der Waals surface area (Å²) in [6, 6.07) is 4.35. The maximum atomic E-state index is 10.9. The van der Waals surface area contributed by atoms with Gasteiger partial charge >= 0.3 is 5.97 Å². The highest BCUT2D eigenvalue weighted by Crippen LogP contribution is 2.26. The summed E-state index contributed by atoms with van der Waals surface area (Å²) in [6.45, 7) is 6.47. The van der Waals surface area contributed by atoms with Gasteiger partial charge in [-0.25, -0.2) is 0 Å². The van der Waals surface area contributed by atoms with Crippen molar-refractivity contribution < 1.29 is 14.3 Å². The van der Waals surface area contributed by atoms with E-state index in [-0.39, 0.29) is 6.54 Å². The molecule has 0 aliphatic rings. The van der Waals surface area contributed by atoms with Gasteiger partial charge in [-0.1, -0.05) is 13.0 Å². The van der Waals surface area contributed by atoms with Crippen molar-refractivity contribution in [2.24, 2.45) is 0 Å². The van der Waals surface area contributed by atoms with Crippen LogP contribution in [0.5, 0.6) is 0 Å². The number of aliphatic carboxylic acids is 1. The predicted octanol–water partition coefficient (Wildman–Crippen LogP) is 2.75. The van der Waals surface area contributed by atoms with Crippen LogP contribution in [0.15, 0.2) is 16.5 Å². The van der Waals surface area contributed by atoms with E-state index in [1.165, 1.54) is 0 Å². The maximum Gasteiger partial charge on any atom is 0.323 e. The Labute approximate surface area is 111 Å². The lowest BCUT2D eigenvalue weighted by Gasteiger charge is -2.16. The minimum absolute atomic E-state index is 0.0985. The van der Waals surface area contributed by atoms with Crippen LogP contribution in [-0.2, 0) is 4.79 Å². The van der Waals surface area contributed by atoms with Crippen molar-refractivity contribution >= 4 is 23.1 Å². The van der Waals surface area contributed by atoms with Crippen molar-refractivity contribution in [1.29, 1.82) is 0 Å². The van der Waals surface area contributed by atoms with Gasteiger partial charge in [0.25, 0.3) is 6.01 Å². The lowest BCUT2D eigenvalue weighted by atomic mass is 10.1. The zero-order chi connectivity index (χ0) is 14.0. The molecule has 0 aliphatic heterocycles. The molecule has 0 saturated heterocycles. The number of aromatic nitrogens is 1. The van der Waals surface area contributed by atoms with Crippen LogP contribution in [-0.4, -0.2) is 29.1 Å². The summed E-state index contributed by atoms with van der Waals surface area (Å²) in [5.74, 6) is -0.886. The number of oxazole rings is 1. The molecule has 0 atom stereocenters. The van der Waals surface area contributed by atoms with Crippen LogP contribution in [0.2, 0.25) is 0 Å². The Morgan fingerprint density at radius 3 is 2.79 bits per heavy atom. The predicted molar refractivity (Wildman–Crippen MR) is 73.6 cm³/mol. The molecule has 1 N–H and O–H groups in total. The van der Waals surface area contributed by atoms with Gasteiger partial charge in [-0.15, -0.1) is 0 Å². The molecular weight excluding hydrogens is 244 g/mol. The van der Waals surface area contributed by atoms with Crippen molar-refractivity contribution in [3.8, 4) is 0 Å². The molecule has 5 nitrogen and oxygen atoms in total. The third-order valence-corrected chi connectivity index (χ3v) is 2.90. The van der Waals surface area contributed by atoms with Gasteiger partial charge in [-0.2, -0.15) is 4.98 Å². The van der Waals surface area contributed by atoms with E-state index < -0.39 is 5.97 Å². The number of nitrogens with zero attached hydrogens (tertiary/aromatic N) is 2. The average molecular weight is 262 g/mol. The van der Waals surface area contributed by atoms with Gasteiger partial charge < -0.3 is 14.4 Å². The summed E-state index contributed by atoms with van der Waals surface area (Å²) in [5.41, 5.74) is 3.64. The normalized spacial score (nSPS) is 10.9. The van der Waals surface area contributed by atoms with Crippen molar-refractivity contribution in [2.75, 3.05) is 18.0 Å². The molecule has 0 aliphatic carbocycles. The molecule has 1 aromatic heterocycles. The van der Waals surface area contributed by atoms with Gasteiger partial charge in [0.2, 0.25) is 0 Å².